The summed E-state index contributed by atoms with van der Waals surface area (Å²) in [6, 6.07) is 6.22. The van der Waals surface area contributed by atoms with Crippen molar-refractivity contribution in [1.82, 2.24) is 9.78 Å². The molecule has 2 aromatic rings. The standard InChI is InChI=1S/C17H24N2O2/c1-11-9-13(17(3,4)5)7-8-15(11)21-16-14(10-20)12(2)18-19(16)6/h7-9,20H,10H2,1-6H3. The van der Waals surface area contributed by atoms with E-state index < -0.39 is 0 Å². The Hall–Kier alpha value is -1.81. The van der Waals surface area contributed by atoms with E-state index in [4.69, 9.17) is 4.74 Å². The Bertz CT molecular complexity index is 652. The van der Waals surface area contributed by atoms with Gasteiger partial charge in [-0.25, -0.2) is 4.68 Å². The molecule has 4 nitrogen and oxygen atoms in total. The SMILES string of the molecule is Cc1cc(C(C)(C)C)ccc1Oc1c(CO)c(C)nn1C. The first kappa shape index (κ1) is 15.6. The maximum absolute atomic E-state index is 9.48. The van der Waals surface area contributed by atoms with E-state index in [0.717, 1.165) is 22.6 Å². The third-order valence-corrected chi connectivity index (χ3v) is 3.69. The predicted octanol–water partition coefficient (Wildman–Crippen LogP) is 3.62. The molecule has 0 saturated carbocycles. The van der Waals surface area contributed by atoms with Crippen LogP contribution in [0.25, 0.3) is 0 Å². The summed E-state index contributed by atoms with van der Waals surface area (Å²) < 4.78 is 7.66. The van der Waals surface area contributed by atoms with Crippen molar-refractivity contribution in [2.45, 2.75) is 46.6 Å². The van der Waals surface area contributed by atoms with Crippen molar-refractivity contribution in [2.24, 2.45) is 7.05 Å². The number of nitrogens with zero attached hydrogens (tertiary/aromatic N) is 2. The Morgan fingerprint density at radius 1 is 1.24 bits per heavy atom. The molecule has 0 atom stereocenters. The summed E-state index contributed by atoms with van der Waals surface area (Å²) in [4.78, 5) is 0. The minimum Gasteiger partial charge on any atom is -0.439 e. The van der Waals surface area contributed by atoms with Gasteiger partial charge < -0.3 is 9.84 Å². The van der Waals surface area contributed by atoms with Crippen molar-refractivity contribution >= 4 is 0 Å². The average Bonchev–Trinajstić information content (AvgIpc) is 2.64. The van der Waals surface area contributed by atoms with Gasteiger partial charge in [-0.2, -0.15) is 5.10 Å². The van der Waals surface area contributed by atoms with Crippen molar-refractivity contribution in [3.8, 4) is 11.6 Å². The first-order chi connectivity index (χ1) is 9.74. The summed E-state index contributed by atoms with van der Waals surface area (Å²) in [5, 5.41) is 13.8. The average molecular weight is 288 g/mol. The number of rotatable bonds is 3. The summed E-state index contributed by atoms with van der Waals surface area (Å²) in [7, 11) is 1.82. The second-order valence-electron chi connectivity index (χ2n) is 6.48. The van der Waals surface area contributed by atoms with E-state index in [2.05, 4.69) is 38.0 Å². The monoisotopic (exact) mass is 288 g/mol. The molecule has 1 aromatic carbocycles. The Labute approximate surface area is 126 Å². The fourth-order valence-corrected chi connectivity index (χ4v) is 2.33. The van der Waals surface area contributed by atoms with E-state index in [0.29, 0.717) is 5.88 Å². The molecule has 4 heteroatoms. The molecule has 0 aliphatic rings. The Kier molecular flexibility index (Phi) is 4.10. The van der Waals surface area contributed by atoms with E-state index in [1.54, 1.807) is 4.68 Å². The third kappa shape index (κ3) is 3.10. The highest BCUT2D eigenvalue weighted by atomic mass is 16.5. The number of aliphatic hydroxyl groups is 1. The van der Waals surface area contributed by atoms with Crippen molar-refractivity contribution < 1.29 is 9.84 Å². The zero-order valence-corrected chi connectivity index (χ0v) is 13.7. The number of aryl methyl sites for hydroxylation is 3. The van der Waals surface area contributed by atoms with Crippen molar-refractivity contribution in [3.63, 3.8) is 0 Å². The molecular formula is C17H24N2O2. The molecule has 0 saturated heterocycles. The number of aliphatic hydroxyl groups excluding tert-OH is 1. The zero-order valence-electron chi connectivity index (χ0n) is 13.7. The summed E-state index contributed by atoms with van der Waals surface area (Å²) in [6.07, 6.45) is 0. The maximum atomic E-state index is 9.48. The third-order valence-electron chi connectivity index (χ3n) is 3.69. The van der Waals surface area contributed by atoms with E-state index >= 15 is 0 Å². The lowest BCUT2D eigenvalue weighted by molar-refractivity contribution is 0.274. The molecule has 0 unspecified atom stereocenters. The normalized spacial score (nSPS) is 11.8. The van der Waals surface area contributed by atoms with Crippen LogP contribution in [0.3, 0.4) is 0 Å². The quantitative estimate of drug-likeness (QED) is 0.938. The summed E-state index contributed by atoms with van der Waals surface area (Å²) >= 11 is 0. The molecule has 0 radical (unpaired) electrons. The summed E-state index contributed by atoms with van der Waals surface area (Å²) in [6.45, 7) is 10.4. The van der Waals surface area contributed by atoms with Crippen LogP contribution < -0.4 is 4.74 Å². The van der Waals surface area contributed by atoms with Crippen LogP contribution in [0.5, 0.6) is 11.6 Å². The van der Waals surface area contributed by atoms with Gasteiger partial charge in [0.15, 0.2) is 0 Å². The largest absolute Gasteiger partial charge is 0.439 e. The highest BCUT2D eigenvalue weighted by molar-refractivity contribution is 5.42. The predicted molar refractivity (Wildman–Crippen MR) is 83.8 cm³/mol. The Morgan fingerprint density at radius 2 is 1.90 bits per heavy atom. The van der Waals surface area contributed by atoms with Crippen LogP contribution in [0, 0.1) is 13.8 Å². The first-order valence-electron chi connectivity index (χ1n) is 7.16. The van der Waals surface area contributed by atoms with Crippen LogP contribution >= 0.6 is 0 Å². The lowest BCUT2D eigenvalue weighted by Gasteiger charge is -2.20. The van der Waals surface area contributed by atoms with Gasteiger partial charge in [0.1, 0.15) is 5.75 Å². The minimum absolute atomic E-state index is 0.0753. The lowest BCUT2D eigenvalue weighted by atomic mass is 9.86. The molecule has 1 N–H and O–H groups in total. The molecule has 21 heavy (non-hydrogen) atoms. The zero-order chi connectivity index (χ0) is 15.8. The topological polar surface area (TPSA) is 47.3 Å². The van der Waals surface area contributed by atoms with Crippen LogP contribution in [0.1, 0.15) is 43.2 Å². The van der Waals surface area contributed by atoms with Gasteiger partial charge >= 0.3 is 0 Å². The minimum atomic E-state index is -0.0753. The molecule has 114 valence electrons. The summed E-state index contributed by atoms with van der Waals surface area (Å²) in [5.41, 5.74) is 3.99. The molecule has 0 aliphatic carbocycles. The Morgan fingerprint density at radius 3 is 2.43 bits per heavy atom. The molecule has 0 fully saturated rings. The highest BCUT2D eigenvalue weighted by Gasteiger charge is 2.18. The second kappa shape index (κ2) is 5.53. The van der Waals surface area contributed by atoms with Crippen molar-refractivity contribution in [1.29, 1.82) is 0 Å². The van der Waals surface area contributed by atoms with E-state index in [9.17, 15) is 5.11 Å². The fourth-order valence-electron chi connectivity index (χ4n) is 2.33. The number of hydrogen-bond donors (Lipinski definition) is 1. The maximum Gasteiger partial charge on any atom is 0.223 e. The fraction of sp³-hybridized carbons (Fsp3) is 0.471. The van der Waals surface area contributed by atoms with Crippen LogP contribution in [0.15, 0.2) is 18.2 Å². The molecule has 0 bridgehead atoms. The van der Waals surface area contributed by atoms with Gasteiger partial charge in [0, 0.05) is 7.05 Å². The van der Waals surface area contributed by atoms with Crippen LogP contribution in [-0.2, 0) is 19.1 Å². The Balaban J connectivity index is 2.37. The van der Waals surface area contributed by atoms with E-state index in [1.807, 2.05) is 27.0 Å². The molecule has 0 amide bonds. The van der Waals surface area contributed by atoms with E-state index in [-0.39, 0.29) is 12.0 Å². The molecule has 1 aromatic heterocycles. The second-order valence-corrected chi connectivity index (χ2v) is 6.48. The van der Waals surface area contributed by atoms with Crippen molar-refractivity contribution in [2.75, 3.05) is 0 Å². The summed E-state index contributed by atoms with van der Waals surface area (Å²) in [5.74, 6) is 1.39. The van der Waals surface area contributed by atoms with E-state index in [1.165, 1.54) is 5.56 Å². The molecular weight excluding hydrogens is 264 g/mol. The molecule has 1 heterocycles. The van der Waals surface area contributed by atoms with Gasteiger partial charge in [0.25, 0.3) is 0 Å². The number of hydrogen-bond acceptors (Lipinski definition) is 3. The number of aromatic nitrogens is 2. The van der Waals surface area contributed by atoms with Crippen LogP contribution in [-0.4, -0.2) is 14.9 Å². The number of benzene rings is 1. The molecule has 2 rings (SSSR count). The van der Waals surface area contributed by atoms with Crippen LogP contribution in [0.4, 0.5) is 0 Å². The number of ether oxygens (including phenoxy) is 1. The van der Waals surface area contributed by atoms with Gasteiger partial charge in [-0.15, -0.1) is 0 Å². The van der Waals surface area contributed by atoms with Gasteiger partial charge in [-0.05, 0) is 36.5 Å². The molecule has 0 aliphatic heterocycles. The van der Waals surface area contributed by atoms with Gasteiger partial charge in [-0.3, -0.25) is 0 Å². The highest BCUT2D eigenvalue weighted by Crippen LogP contribution is 2.32. The smallest absolute Gasteiger partial charge is 0.223 e. The molecule has 0 spiro atoms. The van der Waals surface area contributed by atoms with Crippen LogP contribution in [0.2, 0.25) is 0 Å². The van der Waals surface area contributed by atoms with Gasteiger partial charge in [0.05, 0.1) is 17.9 Å². The van der Waals surface area contributed by atoms with Crippen molar-refractivity contribution in [3.05, 3.63) is 40.6 Å². The lowest BCUT2D eigenvalue weighted by Crippen LogP contribution is -2.11. The van der Waals surface area contributed by atoms with Gasteiger partial charge in [-0.1, -0.05) is 32.9 Å². The van der Waals surface area contributed by atoms with Gasteiger partial charge in [0.2, 0.25) is 5.88 Å². The first-order valence-corrected chi connectivity index (χ1v) is 7.16.